The molecule has 26 heavy (non-hydrogen) atoms. The Kier molecular flexibility index (Phi) is 3.27. The van der Waals surface area contributed by atoms with E-state index in [1.807, 2.05) is 18.2 Å². The number of rotatable bonds is 2. The molecule has 2 aromatic rings. The van der Waals surface area contributed by atoms with E-state index in [2.05, 4.69) is 9.97 Å². The SMILES string of the molecule is NC1COc2cc(-c3nc(N4CC(O)C4)nc4c3CCC4(F)F)ccc21. The van der Waals surface area contributed by atoms with Crippen LogP contribution in [0.2, 0.25) is 0 Å². The molecule has 0 bridgehead atoms. The monoisotopic (exact) mass is 360 g/mol. The summed E-state index contributed by atoms with van der Waals surface area (Å²) in [5.41, 5.74) is 8.42. The zero-order valence-corrected chi connectivity index (χ0v) is 14.0. The minimum absolute atomic E-state index is 0.169. The van der Waals surface area contributed by atoms with E-state index >= 15 is 0 Å². The number of halogens is 2. The topological polar surface area (TPSA) is 84.5 Å². The van der Waals surface area contributed by atoms with Gasteiger partial charge in [0.05, 0.1) is 17.8 Å². The third-order valence-electron chi connectivity index (χ3n) is 5.28. The zero-order valence-electron chi connectivity index (χ0n) is 14.0. The predicted octanol–water partition coefficient (Wildman–Crippen LogP) is 1.75. The van der Waals surface area contributed by atoms with Crippen LogP contribution in [0.3, 0.4) is 0 Å². The molecule has 2 aliphatic heterocycles. The van der Waals surface area contributed by atoms with Crippen molar-refractivity contribution in [3.05, 3.63) is 35.0 Å². The lowest BCUT2D eigenvalue weighted by atomic mass is 10.0. The third kappa shape index (κ3) is 2.29. The molecule has 1 aromatic heterocycles. The molecule has 0 saturated carbocycles. The van der Waals surface area contributed by atoms with E-state index in [1.54, 1.807) is 4.90 Å². The number of aromatic nitrogens is 2. The highest BCUT2D eigenvalue weighted by Crippen LogP contribution is 2.45. The molecule has 1 atom stereocenters. The van der Waals surface area contributed by atoms with E-state index in [4.69, 9.17) is 10.5 Å². The minimum atomic E-state index is -2.96. The zero-order chi connectivity index (χ0) is 18.1. The number of ether oxygens (including phenoxy) is 1. The molecule has 1 fully saturated rings. The van der Waals surface area contributed by atoms with Gasteiger partial charge in [0.2, 0.25) is 5.95 Å². The van der Waals surface area contributed by atoms with Gasteiger partial charge in [-0.15, -0.1) is 0 Å². The van der Waals surface area contributed by atoms with Crippen LogP contribution in [0.4, 0.5) is 14.7 Å². The maximum absolute atomic E-state index is 14.3. The lowest BCUT2D eigenvalue weighted by Crippen LogP contribution is -2.51. The number of nitrogens with zero attached hydrogens (tertiary/aromatic N) is 3. The Balaban J connectivity index is 1.64. The molecule has 1 unspecified atom stereocenters. The molecule has 1 aliphatic carbocycles. The van der Waals surface area contributed by atoms with Crippen LogP contribution in [0.5, 0.6) is 5.75 Å². The van der Waals surface area contributed by atoms with Crippen LogP contribution >= 0.6 is 0 Å². The number of benzene rings is 1. The molecule has 5 rings (SSSR count). The number of aliphatic hydroxyl groups is 1. The molecule has 1 aromatic carbocycles. The highest BCUT2D eigenvalue weighted by molar-refractivity contribution is 5.69. The second kappa shape index (κ2) is 5.34. The Morgan fingerprint density at radius 1 is 1.27 bits per heavy atom. The normalized spacial score (nSPS) is 23.4. The van der Waals surface area contributed by atoms with Crippen molar-refractivity contribution in [3.63, 3.8) is 0 Å². The Morgan fingerprint density at radius 3 is 2.85 bits per heavy atom. The van der Waals surface area contributed by atoms with Gasteiger partial charge in [-0.25, -0.2) is 9.97 Å². The molecule has 3 heterocycles. The van der Waals surface area contributed by atoms with Gasteiger partial charge in [-0.1, -0.05) is 12.1 Å². The maximum atomic E-state index is 14.3. The van der Waals surface area contributed by atoms with Gasteiger partial charge < -0.3 is 20.5 Å². The van der Waals surface area contributed by atoms with Gasteiger partial charge in [0.25, 0.3) is 5.92 Å². The number of β-amino-alcohol motifs (C(OH)–C–C–N with tert-alkyl or cyclic N) is 1. The fraction of sp³-hybridized carbons (Fsp3) is 0.444. The lowest BCUT2D eigenvalue weighted by Gasteiger charge is -2.36. The first-order valence-corrected chi connectivity index (χ1v) is 8.67. The van der Waals surface area contributed by atoms with Gasteiger partial charge in [-0.3, -0.25) is 0 Å². The quantitative estimate of drug-likeness (QED) is 0.849. The van der Waals surface area contributed by atoms with Crippen molar-refractivity contribution >= 4 is 5.95 Å². The predicted molar refractivity (Wildman–Crippen MR) is 90.3 cm³/mol. The molecule has 0 spiro atoms. The fourth-order valence-corrected chi connectivity index (χ4v) is 3.79. The van der Waals surface area contributed by atoms with Crippen molar-refractivity contribution in [2.75, 3.05) is 24.6 Å². The highest BCUT2D eigenvalue weighted by Gasteiger charge is 2.44. The Labute approximate surface area is 148 Å². The van der Waals surface area contributed by atoms with Crippen molar-refractivity contribution in [2.45, 2.75) is 30.9 Å². The summed E-state index contributed by atoms with van der Waals surface area (Å²) >= 11 is 0. The third-order valence-corrected chi connectivity index (χ3v) is 5.28. The van der Waals surface area contributed by atoms with E-state index in [-0.39, 0.29) is 30.5 Å². The fourth-order valence-electron chi connectivity index (χ4n) is 3.79. The van der Waals surface area contributed by atoms with Crippen LogP contribution in [0, 0.1) is 0 Å². The van der Waals surface area contributed by atoms with E-state index < -0.39 is 12.0 Å². The Bertz CT molecular complexity index is 899. The number of fused-ring (bicyclic) bond motifs is 2. The average molecular weight is 360 g/mol. The molecule has 1 saturated heterocycles. The molecule has 3 N–H and O–H groups in total. The number of aliphatic hydroxyl groups excluding tert-OH is 1. The summed E-state index contributed by atoms with van der Waals surface area (Å²) in [4.78, 5) is 10.4. The Morgan fingerprint density at radius 2 is 2.08 bits per heavy atom. The summed E-state index contributed by atoms with van der Waals surface area (Å²) in [7, 11) is 0. The van der Waals surface area contributed by atoms with Gasteiger partial charge >= 0.3 is 0 Å². The van der Waals surface area contributed by atoms with Crippen molar-refractivity contribution in [1.82, 2.24) is 9.97 Å². The number of alkyl halides is 2. The first-order chi connectivity index (χ1) is 12.4. The lowest BCUT2D eigenvalue weighted by molar-refractivity contribution is -0.00596. The first kappa shape index (κ1) is 15.9. The van der Waals surface area contributed by atoms with Crippen LogP contribution in [-0.4, -0.2) is 40.9 Å². The molecule has 0 radical (unpaired) electrons. The van der Waals surface area contributed by atoms with Crippen LogP contribution < -0.4 is 15.4 Å². The van der Waals surface area contributed by atoms with Crippen LogP contribution in [0.1, 0.15) is 29.3 Å². The molecule has 136 valence electrons. The van der Waals surface area contributed by atoms with Crippen LogP contribution in [-0.2, 0) is 12.3 Å². The van der Waals surface area contributed by atoms with Crippen molar-refractivity contribution in [3.8, 4) is 17.0 Å². The average Bonchev–Trinajstić information content (AvgIpc) is 3.11. The molecule has 3 aliphatic rings. The summed E-state index contributed by atoms with van der Waals surface area (Å²) in [6, 6.07) is 5.37. The van der Waals surface area contributed by atoms with Gasteiger partial charge in [0.1, 0.15) is 18.1 Å². The van der Waals surface area contributed by atoms with E-state index in [0.29, 0.717) is 36.7 Å². The number of hydrogen-bond acceptors (Lipinski definition) is 6. The van der Waals surface area contributed by atoms with Crippen molar-refractivity contribution < 1.29 is 18.6 Å². The van der Waals surface area contributed by atoms with Gasteiger partial charge in [0, 0.05) is 36.2 Å². The summed E-state index contributed by atoms with van der Waals surface area (Å²) in [5.74, 6) is -2.04. The van der Waals surface area contributed by atoms with Crippen LogP contribution in [0.15, 0.2) is 18.2 Å². The largest absolute Gasteiger partial charge is 0.491 e. The van der Waals surface area contributed by atoms with Crippen LogP contribution in [0.25, 0.3) is 11.3 Å². The highest BCUT2D eigenvalue weighted by atomic mass is 19.3. The summed E-state index contributed by atoms with van der Waals surface area (Å²) in [6.45, 7) is 1.12. The molecule has 8 heteroatoms. The second-order valence-electron chi connectivity index (χ2n) is 7.13. The van der Waals surface area contributed by atoms with Gasteiger partial charge in [-0.05, 0) is 12.5 Å². The van der Waals surface area contributed by atoms with Crippen molar-refractivity contribution in [2.24, 2.45) is 5.73 Å². The van der Waals surface area contributed by atoms with E-state index in [9.17, 15) is 13.9 Å². The van der Waals surface area contributed by atoms with E-state index in [0.717, 1.165) is 11.1 Å². The molecular weight excluding hydrogens is 342 g/mol. The summed E-state index contributed by atoms with van der Waals surface area (Å²) in [6.07, 6.45) is -0.494. The smallest absolute Gasteiger partial charge is 0.290 e. The minimum Gasteiger partial charge on any atom is -0.491 e. The first-order valence-electron chi connectivity index (χ1n) is 8.67. The number of anilines is 1. The molecule has 6 nitrogen and oxygen atoms in total. The standard InChI is InChI=1S/C18H18F2N4O2/c19-18(20)4-3-12-15(9-1-2-11-13(21)8-26-14(11)5-9)22-17(23-16(12)18)24-6-10(25)7-24/h1-2,5,10,13,25H,3-4,6-8,21H2. The van der Waals surface area contributed by atoms with Gasteiger partial charge in [-0.2, -0.15) is 8.78 Å². The second-order valence-corrected chi connectivity index (χ2v) is 7.13. The van der Waals surface area contributed by atoms with E-state index in [1.165, 1.54) is 0 Å². The summed E-state index contributed by atoms with van der Waals surface area (Å²) < 4.78 is 34.3. The molecule has 0 amide bonds. The number of hydrogen-bond donors (Lipinski definition) is 2. The summed E-state index contributed by atoms with van der Waals surface area (Å²) in [5, 5.41) is 9.52. The maximum Gasteiger partial charge on any atom is 0.290 e. The Hall–Kier alpha value is -2.32. The number of nitrogens with two attached hydrogens (primary N) is 1. The molecular formula is C18H18F2N4O2. The van der Waals surface area contributed by atoms with Crippen molar-refractivity contribution in [1.29, 1.82) is 0 Å². The van der Waals surface area contributed by atoms with Gasteiger partial charge in [0.15, 0.2) is 0 Å².